The zero-order valence-corrected chi connectivity index (χ0v) is 22.5. The van der Waals surface area contributed by atoms with Gasteiger partial charge in [0.2, 0.25) is 0 Å². The molecule has 10 heteroatoms. The maximum Gasteiger partial charge on any atom is 0.316 e. The predicted octanol–water partition coefficient (Wildman–Crippen LogP) is 4.21. The van der Waals surface area contributed by atoms with Crippen LogP contribution >= 0.6 is 0 Å². The van der Waals surface area contributed by atoms with Gasteiger partial charge < -0.3 is 9.55 Å². The van der Waals surface area contributed by atoms with E-state index in [1.54, 1.807) is 15.2 Å². The Morgan fingerprint density at radius 2 is 1.55 bits per heavy atom. The molecule has 208 valence electrons. The first-order valence-electron chi connectivity index (χ1n) is 14.1. The third-order valence-corrected chi connectivity index (χ3v) is 8.30. The molecule has 2 aliphatic rings. The van der Waals surface area contributed by atoms with E-state index in [1.165, 1.54) is 11.6 Å². The van der Waals surface area contributed by atoms with Crippen LogP contribution in [0.2, 0.25) is 0 Å². The fourth-order valence-corrected chi connectivity index (χ4v) is 6.20. The van der Waals surface area contributed by atoms with Gasteiger partial charge in [0.05, 0.1) is 16.0 Å². The van der Waals surface area contributed by atoms with Crippen molar-refractivity contribution in [3.63, 3.8) is 0 Å². The topological polar surface area (TPSA) is 109 Å². The summed E-state index contributed by atoms with van der Waals surface area (Å²) in [5.41, 5.74) is 2.15. The first-order valence-corrected chi connectivity index (χ1v) is 14.1. The van der Waals surface area contributed by atoms with Gasteiger partial charge in [-0.1, -0.05) is 49.6 Å². The quantitative estimate of drug-likeness (QED) is 0.213. The third-order valence-electron chi connectivity index (χ3n) is 8.30. The molecule has 2 aromatic heterocycles. The average molecular weight is 543 g/mol. The second-order valence-electron chi connectivity index (χ2n) is 11.0. The van der Waals surface area contributed by atoms with Gasteiger partial charge in [-0.3, -0.25) is 34.1 Å². The van der Waals surface area contributed by atoms with E-state index in [0.29, 0.717) is 16.7 Å². The molecule has 2 fully saturated rings. The zero-order chi connectivity index (χ0) is 27.6. The van der Waals surface area contributed by atoms with Crippen molar-refractivity contribution in [2.45, 2.75) is 51.2 Å². The first kappa shape index (κ1) is 26.2. The Morgan fingerprint density at radius 1 is 0.875 bits per heavy atom. The lowest BCUT2D eigenvalue weighted by molar-refractivity contribution is -0.384. The second-order valence-corrected chi connectivity index (χ2v) is 11.0. The summed E-state index contributed by atoms with van der Waals surface area (Å²) < 4.78 is 3.33. The van der Waals surface area contributed by atoms with Gasteiger partial charge >= 0.3 is 11.1 Å². The van der Waals surface area contributed by atoms with Gasteiger partial charge in [0, 0.05) is 63.8 Å². The lowest BCUT2D eigenvalue weighted by Gasteiger charge is -2.34. The molecule has 0 unspecified atom stereocenters. The van der Waals surface area contributed by atoms with Crippen molar-refractivity contribution >= 4 is 16.7 Å². The molecule has 1 saturated carbocycles. The number of rotatable bonds is 7. The number of fused-ring (bicyclic) bond motifs is 1. The molecule has 1 aliphatic heterocycles. The number of H-pyrrole nitrogens is 1. The van der Waals surface area contributed by atoms with Crippen LogP contribution in [0.15, 0.2) is 70.5 Å². The van der Waals surface area contributed by atoms with Crippen LogP contribution in [0, 0.1) is 10.1 Å². The standard InChI is InChI=1S/C30H34N6O4/c37-29-30(38)35(24-9-5-2-6-10-24)26-18-27(28(36(39)40)17-25(26)31-29)34-12-11-23(21-34)20-33-15-13-32(14-16-33)19-22-7-3-1-4-8-22/h1,3-4,7-8,11-12,17-18,21,24H,2,5-6,9-10,13-16,19-20H2,(H,31,37). The fourth-order valence-electron chi connectivity index (χ4n) is 6.20. The molecule has 3 heterocycles. The summed E-state index contributed by atoms with van der Waals surface area (Å²) in [7, 11) is 0. The monoisotopic (exact) mass is 542 g/mol. The van der Waals surface area contributed by atoms with Gasteiger partial charge in [-0.2, -0.15) is 0 Å². The number of hydrogen-bond donors (Lipinski definition) is 1. The molecule has 0 amide bonds. The number of hydrogen-bond acceptors (Lipinski definition) is 6. The van der Waals surface area contributed by atoms with Gasteiger partial charge in [0.15, 0.2) is 0 Å². The van der Waals surface area contributed by atoms with Crippen molar-refractivity contribution in [2.75, 3.05) is 26.2 Å². The summed E-state index contributed by atoms with van der Waals surface area (Å²) in [6, 6.07) is 15.5. The normalized spacial score (nSPS) is 17.4. The van der Waals surface area contributed by atoms with Crippen LogP contribution in [0.3, 0.4) is 0 Å². The van der Waals surface area contributed by atoms with Crippen LogP contribution in [0.25, 0.3) is 16.7 Å². The molecule has 6 rings (SSSR count). The van der Waals surface area contributed by atoms with Crippen LogP contribution < -0.4 is 11.1 Å². The molecule has 1 saturated heterocycles. The Balaban J connectivity index is 1.25. The number of aromatic nitrogens is 3. The zero-order valence-electron chi connectivity index (χ0n) is 22.5. The van der Waals surface area contributed by atoms with Crippen molar-refractivity contribution in [1.82, 2.24) is 23.9 Å². The average Bonchev–Trinajstić information content (AvgIpc) is 3.43. The van der Waals surface area contributed by atoms with Gasteiger partial charge in [-0.05, 0) is 36.1 Å². The fraction of sp³-hybridized carbons (Fsp3) is 0.400. The SMILES string of the molecule is O=c1[nH]c2cc([N+](=O)[O-])c(-n3ccc(CN4CCN(Cc5ccccc5)CC4)c3)cc2n(C2CCCCC2)c1=O. The summed E-state index contributed by atoms with van der Waals surface area (Å²) >= 11 is 0. The summed E-state index contributed by atoms with van der Waals surface area (Å²) in [6.45, 7) is 5.59. The van der Waals surface area contributed by atoms with E-state index in [2.05, 4.69) is 39.0 Å². The smallest absolute Gasteiger partial charge is 0.316 e. The maximum atomic E-state index is 13.0. The highest BCUT2D eigenvalue weighted by Gasteiger charge is 2.25. The van der Waals surface area contributed by atoms with Crippen LogP contribution in [0.1, 0.15) is 49.3 Å². The number of piperazine rings is 1. The highest BCUT2D eigenvalue weighted by Crippen LogP contribution is 2.32. The molecule has 10 nitrogen and oxygen atoms in total. The molecular weight excluding hydrogens is 508 g/mol. The first-order chi connectivity index (χ1) is 19.5. The lowest BCUT2D eigenvalue weighted by atomic mass is 9.95. The third kappa shape index (κ3) is 5.37. The molecule has 2 aromatic carbocycles. The Hall–Kier alpha value is -4.02. The molecule has 0 bridgehead atoms. The van der Waals surface area contributed by atoms with E-state index in [4.69, 9.17) is 0 Å². The maximum absolute atomic E-state index is 13.0. The van der Waals surface area contributed by atoms with Crippen LogP contribution in [-0.2, 0) is 13.1 Å². The van der Waals surface area contributed by atoms with Crippen molar-refractivity contribution in [3.8, 4) is 5.69 Å². The van der Waals surface area contributed by atoms with Gasteiger partial charge in [0.1, 0.15) is 5.69 Å². The van der Waals surface area contributed by atoms with Gasteiger partial charge in [-0.15, -0.1) is 0 Å². The molecule has 4 aromatic rings. The minimum Gasteiger partial charge on any atom is -0.318 e. The van der Waals surface area contributed by atoms with E-state index >= 15 is 0 Å². The second kappa shape index (κ2) is 11.2. The van der Waals surface area contributed by atoms with Crippen molar-refractivity contribution in [2.24, 2.45) is 0 Å². The van der Waals surface area contributed by atoms with Crippen molar-refractivity contribution in [1.29, 1.82) is 0 Å². The van der Waals surface area contributed by atoms with Gasteiger partial charge in [0.25, 0.3) is 5.69 Å². The highest BCUT2D eigenvalue weighted by atomic mass is 16.6. The number of aromatic amines is 1. The van der Waals surface area contributed by atoms with Crippen molar-refractivity contribution < 1.29 is 4.92 Å². The minimum atomic E-state index is -0.743. The van der Waals surface area contributed by atoms with E-state index in [9.17, 15) is 19.7 Å². The Bertz CT molecular complexity index is 1630. The molecule has 0 atom stereocenters. The van der Waals surface area contributed by atoms with Crippen LogP contribution in [0.5, 0.6) is 0 Å². The van der Waals surface area contributed by atoms with Crippen molar-refractivity contribution in [3.05, 3.63) is 103 Å². The number of nitrogens with zero attached hydrogens (tertiary/aromatic N) is 5. The molecule has 40 heavy (non-hydrogen) atoms. The van der Waals surface area contributed by atoms with Gasteiger partial charge in [-0.25, -0.2) is 0 Å². The van der Waals surface area contributed by atoms with E-state index in [-0.39, 0.29) is 11.7 Å². The predicted molar refractivity (Wildman–Crippen MR) is 154 cm³/mol. The Labute approximate surface area is 231 Å². The number of nitro groups is 1. The summed E-state index contributed by atoms with van der Waals surface area (Å²) in [5, 5.41) is 12.1. The van der Waals surface area contributed by atoms with Crippen LogP contribution in [-0.4, -0.2) is 55.0 Å². The number of nitro benzene ring substituents is 1. The Kier molecular flexibility index (Phi) is 7.36. The molecule has 1 N–H and O–H groups in total. The highest BCUT2D eigenvalue weighted by molar-refractivity contribution is 5.82. The molecule has 0 spiro atoms. The lowest BCUT2D eigenvalue weighted by Crippen LogP contribution is -2.45. The Morgan fingerprint density at radius 3 is 2.23 bits per heavy atom. The molecule has 0 radical (unpaired) electrons. The molecular formula is C30H34N6O4. The number of benzene rings is 2. The number of nitrogens with one attached hydrogen (secondary N) is 1. The summed E-state index contributed by atoms with van der Waals surface area (Å²) in [6.07, 6.45) is 8.49. The molecule has 1 aliphatic carbocycles. The summed E-state index contributed by atoms with van der Waals surface area (Å²) in [4.78, 5) is 44.5. The largest absolute Gasteiger partial charge is 0.318 e. The minimum absolute atomic E-state index is 0.0823. The van der Waals surface area contributed by atoms with Crippen LogP contribution in [0.4, 0.5) is 5.69 Å². The van der Waals surface area contributed by atoms with E-state index < -0.39 is 16.0 Å². The van der Waals surface area contributed by atoms with E-state index in [0.717, 1.165) is 76.9 Å². The summed E-state index contributed by atoms with van der Waals surface area (Å²) in [5.74, 6) is 0. The van der Waals surface area contributed by atoms with E-state index in [1.807, 2.05) is 24.5 Å².